The summed E-state index contributed by atoms with van der Waals surface area (Å²) in [4.78, 5) is 83.3. The predicted octanol–water partition coefficient (Wildman–Crippen LogP) is -4.62. The van der Waals surface area contributed by atoms with E-state index in [1.165, 1.54) is 22.7 Å². The Morgan fingerprint density at radius 3 is 2.65 bits per heavy atom. The molecule has 0 radical (unpaired) electrons. The number of hydrogen-bond acceptors (Lipinski definition) is 17. The van der Waals surface area contributed by atoms with Crippen LogP contribution in [0, 0.1) is 0 Å². The van der Waals surface area contributed by atoms with E-state index in [-0.39, 0.29) is 82.7 Å². The zero-order valence-corrected chi connectivity index (χ0v) is 29.7. The van der Waals surface area contributed by atoms with E-state index in [4.69, 9.17) is 19.3 Å². The smallest absolute Gasteiger partial charge is 0.543 e. The van der Waals surface area contributed by atoms with Crippen molar-refractivity contribution >= 4 is 63.9 Å². The van der Waals surface area contributed by atoms with Gasteiger partial charge in [0.2, 0.25) is 17.4 Å². The van der Waals surface area contributed by atoms with Crippen molar-refractivity contribution in [3.8, 4) is 0 Å². The summed E-state index contributed by atoms with van der Waals surface area (Å²) in [6.07, 6.45) is 2.00. The Balaban J connectivity index is 0.00000468. The number of likely N-dealkylation sites (tertiary alicyclic amines) is 2. The van der Waals surface area contributed by atoms with E-state index in [0.717, 1.165) is 16.4 Å². The van der Waals surface area contributed by atoms with Gasteiger partial charge in [-0.05, 0) is 24.5 Å². The second kappa shape index (κ2) is 14.7. The number of carbonyl (C=O) groups is 5. The molecule has 3 saturated heterocycles. The summed E-state index contributed by atoms with van der Waals surface area (Å²) in [5, 5.41) is 26.1. The normalized spacial score (nSPS) is 23.0. The molecule has 6 heterocycles. The number of nitrogens with two attached hydrogens (primary N) is 1. The minimum atomic E-state index is -1.63. The van der Waals surface area contributed by atoms with Crippen LogP contribution in [0.2, 0.25) is 0 Å². The number of aryl methyl sites for hydroxylation is 1. The molecule has 3 atom stereocenters. The third-order valence-electron chi connectivity index (χ3n) is 8.19. The van der Waals surface area contributed by atoms with Crippen molar-refractivity contribution in [2.24, 2.45) is 5.16 Å². The van der Waals surface area contributed by atoms with Crippen molar-refractivity contribution in [1.82, 2.24) is 29.4 Å². The fourth-order valence-corrected chi connectivity index (χ4v) is 7.64. The summed E-state index contributed by atoms with van der Waals surface area (Å²) >= 11 is 1.94. The SMILES string of the molecule is CCc1oc(=O)oc1COC(=O)N1CCC(N2CC/C(=C\C3=C(C(=O)[O-])N4C(=O)[C@@H](NC(=O)/C(=N/O)c5nsc(N)n5)C4SC3)C2=O)C1.[Na+]. The van der Waals surface area contributed by atoms with Crippen LogP contribution < -0.4 is 51.5 Å². The molecule has 0 aromatic carbocycles. The van der Waals surface area contributed by atoms with Gasteiger partial charge in [0.1, 0.15) is 11.4 Å². The molecule has 2 aromatic heterocycles. The fraction of sp³-hybridized carbons (Fsp3) is 0.444. The number of aromatic nitrogens is 2. The second-order valence-electron chi connectivity index (χ2n) is 10.9. The Kier molecular flexibility index (Phi) is 10.9. The number of nitrogens with zero attached hydrogens (tertiary/aromatic N) is 6. The number of anilines is 1. The predicted molar refractivity (Wildman–Crippen MR) is 161 cm³/mol. The number of ether oxygens (including phenoxy) is 1. The zero-order chi connectivity index (χ0) is 34.3. The molecule has 4 aliphatic heterocycles. The largest absolute Gasteiger partial charge is 1.00 e. The number of thioether (sulfide) groups is 1. The number of carbonyl (C=O) groups excluding carboxylic acids is 5. The Hall–Kier alpha value is -4.18. The standard InChI is InChI=1S/C27H28N8O11S2.Na/c1-2-14-15(46-27(42)45-14)9-44-26(41)33-5-4-13(8-33)34-6-3-11(21(34)37)7-12-10-47-23-17(22(38)35(23)18(12)24(39)40)29-20(36)16(31-43)19-30-25(28)48-32-19;/h7,13,17,23,43H,2-6,8-10H2,1H3,(H,29,36)(H,39,40)(H2,28,30,32);/q;+1/p-1/b11-7+,31-16+;/t13?,17-,23?;/m1./s1. The molecule has 4 amide bonds. The van der Waals surface area contributed by atoms with Crippen LogP contribution in [0.1, 0.15) is 37.1 Å². The van der Waals surface area contributed by atoms with Crippen LogP contribution in [0.3, 0.4) is 0 Å². The quantitative estimate of drug-likeness (QED) is 0.0548. The number of fused-ring (bicyclic) bond motifs is 1. The van der Waals surface area contributed by atoms with Gasteiger partial charge < -0.3 is 49.5 Å². The number of rotatable bonds is 9. The summed E-state index contributed by atoms with van der Waals surface area (Å²) in [6.45, 7) is 2.36. The van der Waals surface area contributed by atoms with Crippen LogP contribution in [-0.2, 0) is 36.9 Å². The Labute approximate surface area is 306 Å². The van der Waals surface area contributed by atoms with Crippen LogP contribution in [0.4, 0.5) is 9.93 Å². The molecule has 0 bridgehead atoms. The molecule has 49 heavy (non-hydrogen) atoms. The first-order valence-corrected chi connectivity index (χ1v) is 16.4. The van der Waals surface area contributed by atoms with E-state index in [0.29, 0.717) is 43.7 Å². The second-order valence-corrected chi connectivity index (χ2v) is 12.8. The zero-order valence-electron chi connectivity index (χ0n) is 26.1. The maximum Gasteiger partial charge on any atom is 1.00 e. The first-order chi connectivity index (χ1) is 23.0. The van der Waals surface area contributed by atoms with Crippen molar-refractivity contribution in [3.63, 3.8) is 0 Å². The van der Waals surface area contributed by atoms with Gasteiger partial charge in [-0.25, -0.2) is 9.59 Å². The van der Waals surface area contributed by atoms with Crippen LogP contribution >= 0.6 is 23.3 Å². The van der Waals surface area contributed by atoms with E-state index in [2.05, 4.69) is 19.8 Å². The van der Waals surface area contributed by atoms with Gasteiger partial charge in [0, 0.05) is 48.9 Å². The van der Waals surface area contributed by atoms with Gasteiger partial charge >= 0.3 is 41.5 Å². The molecule has 0 aliphatic carbocycles. The number of oxime groups is 1. The van der Waals surface area contributed by atoms with Gasteiger partial charge in [-0.2, -0.15) is 9.36 Å². The molecular formula is C27H27N8NaO11S2. The third-order valence-corrected chi connectivity index (χ3v) is 10.0. The molecule has 0 saturated carbocycles. The molecule has 4 N–H and O–H groups in total. The first kappa shape index (κ1) is 36.1. The molecule has 6 rings (SSSR count). The van der Waals surface area contributed by atoms with Gasteiger partial charge in [0.25, 0.3) is 11.8 Å². The molecular weight excluding hydrogens is 699 g/mol. The van der Waals surface area contributed by atoms with Gasteiger partial charge in [-0.3, -0.25) is 19.3 Å². The number of nitrogen functional groups attached to an aromatic ring is 1. The van der Waals surface area contributed by atoms with Crippen molar-refractivity contribution in [2.75, 3.05) is 31.1 Å². The van der Waals surface area contributed by atoms with Crippen LogP contribution in [0.5, 0.6) is 0 Å². The number of β-lactam (4-membered cyclic amide) rings is 1. The average molecular weight is 727 g/mol. The van der Waals surface area contributed by atoms with Gasteiger partial charge in [-0.1, -0.05) is 12.1 Å². The minimum absolute atomic E-state index is 0. The molecule has 22 heteroatoms. The van der Waals surface area contributed by atoms with Gasteiger partial charge in [-0.15, -0.1) is 11.8 Å². The summed E-state index contributed by atoms with van der Waals surface area (Å²) in [6, 6.07) is -1.45. The molecule has 4 aliphatic rings. The molecule has 254 valence electrons. The summed E-state index contributed by atoms with van der Waals surface area (Å²) < 4.78 is 18.9. The number of carboxylic acid groups (broad SMARTS) is 1. The van der Waals surface area contributed by atoms with Crippen molar-refractivity contribution in [3.05, 3.63) is 50.9 Å². The maximum atomic E-state index is 13.4. The van der Waals surface area contributed by atoms with Gasteiger partial charge in [0.15, 0.2) is 23.3 Å². The number of hydrogen-bond donors (Lipinski definition) is 3. The van der Waals surface area contributed by atoms with E-state index in [1.54, 1.807) is 11.8 Å². The number of amides is 4. The monoisotopic (exact) mass is 726 g/mol. The molecule has 2 unspecified atom stereocenters. The number of nitrogens with one attached hydrogen (secondary N) is 1. The summed E-state index contributed by atoms with van der Waals surface area (Å²) in [7, 11) is 0. The average Bonchev–Trinajstić information content (AvgIpc) is 3.86. The number of carboxylic acids is 1. The minimum Gasteiger partial charge on any atom is -0.543 e. The maximum absolute atomic E-state index is 13.4. The Bertz CT molecular complexity index is 1850. The molecule has 3 fully saturated rings. The fourth-order valence-electron chi connectivity index (χ4n) is 5.90. The Morgan fingerprint density at radius 1 is 1.22 bits per heavy atom. The topological polar surface area (TPSA) is 267 Å². The molecule has 0 spiro atoms. The van der Waals surface area contributed by atoms with E-state index in [9.17, 15) is 39.1 Å². The van der Waals surface area contributed by atoms with Crippen molar-refractivity contribution in [1.29, 1.82) is 0 Å². The van der Waals surface area contributed by atoms with Crippen molar-refractivity contribution in [2.45, 2.75) is 50.3 Å². The van der Waals surface area contributed by atoms with E-state index >= 15 is 0 Å². The van der Waals surface area contributed by atoms with Crippen LogP contribution in [0.15, 0.2) is 41.7 Å². The summed E-state index contributed by atoms with van der Waals surface area (Å²) in [5.74, 6) is -4.26. The van der Waals surface area contributed by atoms with Crippen molar-refractivity contribution < 1.29 is 77.4 Å². The third kappa shape index (κ3) is 6.98. The van der Waals surface area contributed by atoms with Gasteiger partial charge in [0.05, 0.1) is 17.7 Å². The number of allylic oxidation sites excluding steroid dienone is 1. The summed E-state index contributed by atoms with van der Waals surface area (Å²) in [5.41, 5.74) is 5.08. The molecule has 19 nitrogen and oxygen atoms in total. The first-order valence-electron chi connectivity index (χ1n) is 14.6. The van der Waals surface area contributed by atoms with Crippen LogP contribution in [-0.4, -0.2) is 108 Å². The van der Waals surface area contributed by atoms with E-state index in [1.807, 2.05) is 0 Å². The Morgan fingerprint density at radius 2 is 1.98 bits per heavy atom. The van der Waals surface area contributed by atoms with E-state index < -0.39 is 52.5 Å². The van der Waals surface area contributed by atoms with Crippen LogP contribution in [0.25, 0.3) is 0 Å². The molecule has 2 aromatic rings. The number of aliphatic carboxylic acids is 1.